The van der Waals surface area contributed by atoms with Gasteiger partial charge in [0.15, 0.2) is 0 Å². The van der Waals surface area contributed by atoms with E-state index >= 15 is 0 Å². The second kappa shape index (κ2) is 4.06. The SMILES string of the molecule is C#CCNC1(C#N)CCCc2sccc21. The molecule has 15 heavy (non-hydrogen) atoms. The Morgan fingerprint density at radius 1 is 1.67 bits per heavy atom. The molecule has 0 amide bonds. The van der Waals surface area contributed by atoms with Crippen molar-refractivity contribution in [1.29, 1.82) is 5.26 Å². The van der Waals surface area contributed by atoms with Crippen LogP contribution in [0.15, 0.2) is 11.4 Å². The van der Waals surface area contributed by atoms with Crippen LogP contribution in [0, 0.1) is 23.7 Å². The number of rotatable bonds is 2. The molecule has 0 aliphatic heterocycles. The molecule has 0 spiro atoms. The standard InChI is InChI=1S/C12H12N2S/c1-2-7-14-12(9-13)6-3-4-11-10(12)5-8-15-11/h1,5,8,14H,3-4,6-7H2. The number of terminal acetylenes is 1. The van der Waals surface area contributed by atoms with Crippen LogP contribution in [0.1, 0.15) is 23.3 Å². The van der Waals surface area contributed by atoms with Crippen molar-refractivity contribution in [3.8, 4) is 18.4 Å². The lowest BCUT2D eigenvalue weighted by Crippen LogP contribution is -2.43. The van der Waals surface area contributed by atoms with Crippen molar-refractivity contribution in [3.05, 3.63) is 21.9 Å². The van der Waals surface area contributed by atoms with Crippen molar-refractivity contribution < 1.29 is 0 Å². The molecule has 0 radical (unpaired) electrons. The minimum atomic E-state index is -0.542. The Morgan fingerprint density at radius 3 is 3.27 bits per heavy atom. The molecule has 1 aromatic rings. The summed E-state index contributed by atoms with van der Waals surface area (Å²) in [6, 6.07) is 4.44. The van der Waals surface area contributed by atoms with Gasteiger partial charge < -0.3 is 0 Å². The highest BCUT2D eigenvalue weighted by Gasteiger charge is 2.36. The van der Waals surface area contributed by atoms with E-state index in [1.54, 1.807) is 11.3 Å². The van der Waals surface area contributed by atoms with Crippen molar-refractivity contribution >= 4 is 11.3 Å². The average Bonchev–Trinajstić information content (AvgIpc) is 2.75. The van der Waals surface area contributed by atoms with Gasteiger partial charge in [-0.05, 0) is 30.7 Å². The molecular weight excluding hydrogens is 204 g/mol. The second-order valence-corrected chi connectivity index (χ2v) is 4.69. The zero-order valence-electron chi connectivity index (χ0n) is 8.42. The molecule has 1 aliphatic carbocycles. The van der Waals surface area contributed by atoms with Crippen LogP contribution in [0.5, 0.6) is 0 Å². The van der Waals surface area contributed by atoms with E-state index in [1.165, 1.54) is 4.88 Å². The molecule has 2 rings (SSSR count). The predicted octanol–water partition coefficient (Wildman–Crippen LogP) is 2.03. The molecule has 1 unspecified atom stereocenters. The summed E-state index contributed by atoms with van der Waals surface area (Å²) in [5.41, 5.74) is 0.594. The monoisotopic (exact) mass is 216 g/mol. The van der Waals surface area contributed by atoms with Gasteiger partial charge in [-0.15, -0.1) is 17.8 Å². The molecule has 0 fully saturated rings. The summed E-state index contributed by atoms with van der Waals surface area (Å²) in [4.78, 5) is 1.33. The molecule has 1 aliphatic rings. The fourth-order valence-electron chi connectivity index (χ4n) is 2.10. The van der Waals surface area contributed by atoms with Gasteiger partial charge in [0.2, 0.25) is 0 Å². The van der Waals surface area contributed by atoms with Crippen LogP contribution in [0.25, 0.3) is 0 Å². The number of nitriles is 1. The van der Waals surface area contributed by atoms with Crippen LogP contribution >= 0.6 is 11.3 Å². The van der Waals surface area contributed by atoms with Crippen LogP contribution in [0.4, 0.5) is 0 Å². The molecule has 1 aromatic heterocycles. The predicted molar refractivity (Wildman–Crippen MR) is 61.4 cm³/mol. The lowest BCUT2D eigenvalue weighted by molar-refractivity contribution is 0.387. The molecule has 1 atom stereocenters. The number of aryl methyl sites for hydroxylation is 1. The summed E-state index contributed by atoms with van der Waals surface area (Å²) < 4.78 is 0. The number of fused-ring (bicyclic) bond motifs is 1. The van der Waals surface area contributed by atoms with Crippen molar-refractivity contribution in [2.75, 3.05) is 6.54 Å². The molecule has 1 N–H and O–H groups in total. The third-order valence-electron chi connectivity index (χ3n) is 2.84. The molecule has 1 heterocycles. The highest BCUT2D eigenvalue weighted by molar-refractivity contribution is 7.10. The van der Waals surface area contributed by atoms with Gasteiger partial charge in [-0.3, -0.25) is 5.32 Å². The van der Waals surface area contributed by atoms with E-state index in [9.17, 15) is 5.26 Å². The van der Waals surface area contributed by atoms with Gasteiger partial charge in [0, 0.05) is 10.4 Å². The molecule has 3 heteroatoms. The first kappa shape index (κ1) is 10.2. The fraction of sp³-hybridized carbons (Fsp3) is 0.417. The number of hydrogen-bond acceptors (Lipinski definition) is 3. The Bertz CT molecular complexity index is 435. The Morgan fingerprint density at radius 2 is 2.53 bits per heavy atom. The maximum absolute atomic E-state index is 9.36. The number of nitrogens with one attached hydrogen (secondary N) is 1. The number of nitrogens with zero attached hydrogens (tertiary/aromatic N) is 1. The smallest absolute Gasteiger partial charge is 0.134 e. The van der Waals surface area contributed by atoms with Gasteiger partial charge in [-0.1, -0.05) is 5.92 Å². The highest BCUT2D eigenvalue weighted by atomic mass is 32.1. The maximum Gasteiger partial charge on any atom is 0.134 e. The highest BCUT2D eigenvalue weighted by Crippen LogP contribution is 2.37. The first-order valence-corrected chi connectivity index (χ1v) is 5.87. The van der Waals surface area contributed by atoms with Crippen LogP contribution in [0.3, 0.4) is 0 Å². The molecule has 0 saturated carbocycles. The lowest BCUT2D eigenvalue weighted by atomic mass is 9.81. The maximum atomic E-state index is 9.36. The summed E-state index contributed by atoms with van der Waals surface area (Å²) in [6.45, 7) is 0.447. The molecule has 76 valence electrons. The summed E-state index contributed by atoms with van der Waals surface area (Å²) in [6.07, 6.45) is 8.24. The zero-order chi connectivity index (χ0) is 10.7. The first-order chi connectivity index (χ1) is 7.32. The van der Waals surface area contributed by atoms with Gasteiger partial charge in [-0.2, -0.15) is 5.26 Å². The third kappa shape index (κ3) is 1.65. The third-order valence-corrected chi connectivity index (χ3v) is 3.82. The fourth-order valence-corrected chi connectivity index (χ4v) is 3.10. The van der Waals surface area contributed by atoms with Crippen LogP contribution < -0.4 is 5.32 Å². The Labute approximate surface area is 93.9 Å². The Hall–Kier alpha value is -1.29. The molecular formula is C12H12N2S. The quantitative estimate of drug-likeness (QED) is 0.768. The minimum absolute atomic E-state index is 0.447. The van der Waals surface area contributed by atoms with Crippen molar-refractivity contribution in [2.24, 2.45) is 0 Å². The van der Waals surface area contributed by atoms with E-state index in [1.807, 2.05) is 6.07 Å². The van der Waals surface area contributed by atoms with Crippen LogP contribution in [-0.4, -0.2) is 6.54 Å². The topological polar surface area (TPSA) is 35.8 Å². The number of thiophene rings is 1. The molecule has 2 nitrogen and oxygen atoms in total. The Kier molecular flexibility index (Phi) is 2.77. The van der Waals surface area contributed by atoms with Gasteiger partial charge >= 0.3 is 0 Å². The van der Waals surface area contributed by atoms with E-state index in [-0.39, 0.29) is 0 Å². The molecule has 0 bridgehead atoms. The van der Waals surface area contributed by atoms with Gasteiger partial charge in [0.25, 0.3) is 0 Å². The minimum Gasteiger partial charge on any atom is -0.285 e. The molecule has 0 saturated heterocycles. The van der Waals surface area contributed by atoms with E-state index in [2.05, 4.69) is 22.7 Å². The average molecular weight is 216 g/mol. The number of hydrogen-bond donors (Lipinski definition) is 1. The van der Waals surface area contributed by atoms with Crippen molar-refractivity contribution in [1.82, 2.24) is 5.32 Å². The summed E-state index contributed by atoms with van der Waals surface area (Å²) in [5.74, 6) is 2.54. The van der Waals surface area contributed by atoms with Crippen molar-refractivity contribution in [3.63, 3.8) is 0 Å². The van der Waals surface area contributed by atoms with Crippen LogP contribution in [0.2, 0.25) is 0 Å². The van der Waals surface area contributed by atoms with E-state index in [4.69, 9.17) is 6.42 Å². The van der Waals surface area contributed by atoms with Crippen LogP contribution in [-0.2, 0) is 12.0 Å². The van der Waals surface area contributed by atoms with E-state index in [0.717, 1.165) is 24.8 Å². The lowest BCUT2D eigenvalue weighted by Gasteiger charge is -2.31. The summed E-state index contributed by atoms with van der Waals surface area (Å²) >= 11 is 1.73. The zero-order valence-corrected chi connectivity index (χ0v) is 9.23. The normalized spacial score (nSPS) is 23.9. The Balaban J connectivity index is 2.37. The largest absolute Gasteiger partial charge is 0.285 e. The van der Waals surface area contributed by atoms with Crippen molar-refractivity contribution in [2.45, 2.75) is 24.8 Å². The molecule has 0 aromatic carbocycles. The van der Waals surface area contributed by atoms with Gasteiger partial charge in [-0.25, -0.2) is 0 Å². The summed E-state index contributed by atoms with van der Waals surface area (Å²) in [7, 11) is 0. The first-order valence-electron chi connectivity index (χ1n) is 4.99. The van der Waals surface area contributed by atoms with E-state index in [0.29, 0.717) is 6.54 Å². The summed E-state index contributed by atoms with van der Waals surface area (Å²) in [5, 5.41) is 14.6. The van der Waals surface area contributed by atoms with E-state index < -0.39 is 5.54 Å². The van der Waals surface area contributed by atoms with Gasteiger partial charge in [0.05, 0.1) is 12.6 Å². The van der Waals surface area contributed by atoms with Gasteiger partial charge in [0.1, 0.15) is 5.54 Å². The second-order valence-electron chi connectivity index (χ2n) is 3.69.